The number of nitrogens with one attached hydrogen (secondary N) is 1. The standard InChI is InChI=1S/C16H25F3N2O3/c1-10(7-11-5-3-2-4-6-11)20-15(24)21-8-12(14(22)23)13(9-21)16(17,18)19/h10-13H,2-9H2,1H3,(H,20,24)(H,22,23)/t10-,12-,13-/m1/s1. The molecule has 2 amide bonds. The molecule has 1 saturated carbocycles. The number of hydrogen-bond acceptors (Lipinski definition) is 2. The number of halogens is 3. The summed E-state index contributed by atoms with van der Waals surface area (Å²) in [5.74, 6) is -4.57. The average molecular weight is 350 g/mol. The first-order valence-electron chi connectivity index (χ1n) is 8.53. The Morgan fingerprint density at radius 3 is 2.33 bits per heavy atom. The van der Waals surface area contributed by atoms with Crippen molar-refractivity contribution in [1.82, 2.24) is 10.2 Å². The highest BCUT2D eigenvalue weighted by Gasteiger charge is 2.53. The van der Waals surface area contributed by atoms with Gasteiger partial charge in [0.15, 0.2) is 0 Å². The highest BCUT2D eigenvalue weighted by Crippen LogP contribution is 2.37. The zero-order chi connectivity index (χ0) is 17.9. The van der Waals surface area contributed by atoms with Crippen LogP contribution < -0.4 is 5.32 Å². The van der Waals surface area contributed by atoms with Gasteiger partial charge < -0.3 is 15.3 Å². The lowest BCUT2D eigenvalue weighted by Gasteiger charge is -2.26. The molecule has 3 atom stereocenters. The first-order chi connectivity index (χ1) is 11.2. The number of carboxylic acids is 1. The second-order valence-corrected chi connectivity index (χ2v) is 7.09. The van der Waals surface area contributed by atoms with Crippen molar-refractivity contribution < 1.29 is 27.9 Å². The van der Waals surface area contributed by atoms with E-state index in [2.05, 4.69) is 5.32 Å². The van der Waals surface area contributed by atoms with Gasteiger partial charge in [0.05, 0.1) is 11.8 Å². The van der Waals surface area contributed by atoms with Crippen LogP contribution in [0.5, 0.6) is 0 Å². The lowest BCUT2D eigenvalue weighted by atomic mass is 9.85. The Bertz CT molecular complexity index is 464. The second-order valence-electron chi connectivity index (χ2n) is 7.09. The van der Waals surface area contributed by atoms with Gasteiger partial charge in [-0.15, -0.1) is 0 Å². The first kappa shape index (κ1) is 18.9. The number of carbonyl (C=O) groups is 2. The highest BCUT2D eigenvalue weighted by molar-refractivity contribution is 5.78. The molecule has 2 aliphatic rings. The number of carboxylic acid groups (broad SMARTS) is 1. The molecule has 0 aromatic heterocycles. The maximum absolute atomic E-state index is 13.0. The Balaban J connectivity index is 1.88. The maximum Gasteiger partial charge on any atom is 0.394 e. The Morgan fingerprint density at radius 2 is 1.83 bits per heavy atom. The summed E-state index contributed by atoms with van der Waals surface area (Å²) in [5.41, 5.74) is 0. The van der Waals surface area contributed by atoms with Gasteiger partial charge in [-0.3, -0.25) is 4.79 Å². The smallest absolute Gasteiger partial charge is 0.394 e. The molecule has 0 unspecified atom stereocenters. The molecule has 0 radical (unpaired) electrons. The number of likely N-dealkylation sites (tertiary alicyclic amines) is 1. The van der Waals surface area contributed by atoms with E-state index in [4.69, 9.17) is 5.11 Å². The molecule has 2 rings (SSSR count). The summed E-state index contributed by atoms with van der Waals surface area (Å²) < 4.78 is 38.9. The normalized spacial score (nSPS) is 27.1. The number of nitrogens with zero attached hydrogens (tertiary/aromatic N) is 1. The van der Waals surface area contributed by atoms with E-state index in [1.807, 2.05) is 6.92 Å². The van der Waals surface area contributed by atoms with Crippen LogP contribution >= 0.6 is 0 Å². The third-order valence-corrected chi connectivity index (χ3v) is 5.13. The van der Waals surface area contributed by atoms with Crippen LogP contribution in [0.25, 0.3) is 0 Å². The van der Waals surface area contributed by atoms with Crippen molar-refractivity contribution in [2.45, 2.75) is 57.7 Å². The van der Waals surface area contributed by atoms with Gasteiger partial charge in [-0.1, -0.05) is 32.1 Å². The van der Waals surface area contributed by atoms with Crippen LogP contribution in [-0.4, -0.2) is 47.3 Å². The van der Waals surface area contributed by atoms with E-state index in [0.717, 1.165) is 24.2 Å². The Kier molecular flexibility index (Phi) is 5.98. The summed E-state index contributed by atoms with van der Waals surface area (Å²) in [7, 11) is 0. The van der Waals surface area contributed by atoms with Gasteiger partial charge in [-0.05, 0) is 19.3 Å². The fourth-order valence-electron chi connectivity index (χ4n) is 3.84. The van der Waals surface area contributed by atoms with E-state index in [9.17, 15) is 22.8 Å². The van der Waals surface area contributed by atoms with Crippen LogP contribution in [0.1, 0.15) is 45.4 Å². The summed E-state index contributed by atoms with van der Waals surface area (Å²) in [6.45, 7) is 0.850. The zero-order valence-corrected chi connectivity index (χ0v) is 13.8. The third-order valence-electron chi connectivity index (χ3n) is 5.13. The molecule has 138 valence electrons. The summed E-state index contributed by atoms with van der Waals surface area (Å²) >= 11 is 0. The molecule has 2 fully saturated rings. The SMILES string of the molecule is C[C@H](CC1CCCCC1)NC(=O)N1C[C@@H](C(F)(F)F)[C@H](C(=O)O)C1. The largest absolute Gasteiger partial charge is 0.481 e. The molecule has 0 aromatic rings. The van der Waals surface area contributed by atoms with Crippen molar-refractivity contribution in [2.24, 2.45) is 17.8 Å². The Labute approximate surface area is 139 Å². The summed E-state index contributed by atoms with van der Waals surface area (Å²) in [5, 5.41) is 11.7. The van der Waals surface area contributed by atoms with Crippen LogP contribution in [0, 0.1) is 17.8 Å². The summed E-state index contributed by atoms with van der Waals surface area (Å²) in [4.78, 5) is 24.2. The number of urea groups is 1. The molecule has 0 aromatic carbocycles. The summed E-state index contributed by atoms with van der Waals surface area (Å²) in [6.07, 6.45) is 2.05. The quantitative estimate of drug-likeness (QED) is 0.818. The minimum absolute atomic E-state index is 0.131. The monoisotopic (exact) mass is 350 g/mol. The number of amides is 2. The molecular formula is C16H25F3N2O3. The minimum atomic E-state index is -4.62. The predicted octanol–water partition coefficient (Wildman–Crippen LogP) is 3.25. The second kappa shape index (κ2) is 7.61. The van der Waals surface area contributed by atoms with E-state index in [1.54, 1.807) is 0 Å². The van der Waals surface area contributed by atoms with Gasteiger partial charge in [-0.2, -0.15) is 13.2 Å². The van der Waals surface area contributed by atoms with Gasteiger partial charge in [-0.25, -0.2) is 4.79 Å². The Morgan fingerprint density at radius 1 is 1.21 bits per heavy atom. The van der Waals surface area contributed by atoms with Gasteiger partial charge in [0.25, 0.3) is 0 Å². The van der Waals surface area contributed by atoms with Crippen LogP contribution in [-0.2, 0) is 4.79 Å². The van der Waals surface area contributed by atoms with Gasteiger partial charge >= 0.3 is 18.2 Å². The van der Waals surface area contributed by atoms with Crippen LogP contribution in [0.2, 0.25) is 0 Å². The first-order valence-corrected chi connectivity index (χ1v) is 8.53. The summed E-state index contributed by atoms with van der Waals surface area (Å²) in [6, 6.07) is -0.731. The average Bonchev–Trinajstić information content (AvgIpc) is 2.93. The molecule has 2 N–H and O–H groups in total. The molecule has 0 bridgehead atoms. The van der Waals surface area contributed by atoms with Gasteiger partial charge in [0.1, 0.15) is 0 Å². The van der Waals surface area contributed by atoms with E-state index in [-0.39, 0.29) is 6.04 Å². The minimum Gasteiger partial charge on any atom is -0.481 e. The van der Waals surface area contributed by atoms with Crippen molar-refractivity contribution in [3.8, 4) is 0 Å². The zero-order valence-electron chi connectivity index (χ0n) is 13.8. The number of hydrogen-bond donors (Lipinski definition) is 2. The topological polar surface area (TPSA) is 69.6 Å². The third kappa shape index (κ3) is 4.77. The predicted molar refractivity (Wildman–Crippen MR) is 81.4 cm³/mol. The van der Waals surface area contributed by atoms with Crippen LogP contribution in [0.3, 0.4) is 0 Å². The van der Waals surface area contributed by atoms with E-state index >= 15 is 0 Å². The van der Waals surface area contributed by atoms with E-state index in [1.165, 1.54) is 19.3 Å². The van der Waals surface area contributed by atoms with Crippen molar-refractivity contribution in [2.75, 3.05) is 13.1 Å². The van der Waals surface area contributed by atoms with Gasteiger partial charge in [0, 0.05) is 19.1 Å². The number of aliphatic carboxylic acids is 1. The maximum atomic E-state index is 13.0. The Hall–Kier alpha value is -1.47. The van der Waals surface area contributed by atoms with Crippen molar-refractivity contribution in [3.63, 3.8) is 0 Å². The number of alkyl halides is 3. The molecule has 1 aliphatic heterocycles. The lowest BCUT2D eigenvalue weighted by Crippen LogP contribution is -2.44. The lowest BCUT2D eigenvalue weighted by molar-refractivity contribution is -0.187. The molecule has 8 heteroatoms. The molecule has 1 saturated heterocycles. The molecule has 1 heterocycles. The van der Waals surface area contributed by atoms with E-state index in [0.29, 0.717) is 5.92 Å². The number of carbonyl (C=O) groups excluding carboxylic acids is 1. The fraction of sp³-hybridized carbons (Fsp3) is 0.875. The van der Waals surface area contributed by atoms with Crippen LogP contribution in [0.15, 0.2) is 0 Å². The van der Waals surface area contributed by atoms with Crippen molar-refractivity contribution in [1.29, 1.82) is 0 Å². The highest BCUT2D eigenvalue weighted by atomic mass is 19.4. The fourth-order valence-corrected chi connectivity index (χ4v) is 3.84. The molecule has 0 spiro atoms. The molecule has 5 nitrogen and oxygen atoms in total. The van der Waals surface area contributed by atoms with Crippen LogP contribution in [0.4, 0.5) is 18.0 Å². The van der Waals surface area contributed by atoms with Crippen molar-refractivity contribution >= 4 is 12.0 Å². The van der Waals surface area contributed by atoms with E-state index < -0.39 is 43.1 Å². The molecule has 1 aliphatic carbocycles. The molecular weight excluding hydrogens is 325 g/mol. The van der Waals surface area contributed by atoms with Crippen molar-refractivity contribution in [3.05, 3.63) is 0 Å². The molecule has 24 heavy (non-hydrogen) atoms. The number of rotatable bonds is 4. The van der Waals surface area contributed by atoms with Gasteiger partial charge in [0.2, 0.25) is 0 Å².